The van der Waals surface area contributed by atoms with E-state index in [1.165, 1.54) is 43.0 Å². The van der Waals surface area contributed by atoms with E-state index in [-0.39, 0.29) is 17.8 Å². The van der Waals surface area contributed by atoms with Gasteiger partial charge in [-0.25, -0.2) is 0 Å². The van der Waals surface area contributed by atoms with E-state index in [0.29, 0.717) is 0 Å². The number of unbranched alkanes of at least 4 members (excludes halogenated alkanes) is 5. The molecule has 0 aliphatic heterocycles. The topological polar surface area (TPSA) is 120 Å². The average molecular weight is 577 g/mol. The molecule has 0 aliphatic carbocycles. The van der Waals surface area contributed by atoms with Crippen LogP contribution in [0.1, 0.15) is 126 Å². The molecule has 194 valence electrons. The fourth-order valence-corrected chi connectivity index (χ4v) is 3.27. The van der Waals surface area contributed by atoms with Crippen LogP contribution < -0.4 is 15.3 Å². The van der Waals surface area contributed by atoms with E-state index < -0.39 is 17.9 Å². The van der Waals surface area contributed by atoms with Crippen molar-refractivity contribution in [3.05, 3.63) is 0 Å². The van der Waals surface area contributed by atoms with E-state index in [2.05, 4.69) is 6.92 Å². The summed E-state index contributed by atoms with van der Waals surface area (Å²) in [6, 6.07) is 0. The number of rotatable bonds is 15. The molecule has 6 nitrogen and oxygen atoms in total. The summed E-state index contributed by atoms with van der Waals surface area (Å²) in [7, 11) is 0. The molecule has 0 heterocycles. The molecule has 3 unspecified atom stereocenters. The first-order chi connectivity index (χ1) is 15.5. The third kappa shape index (κ3) is 38.8. The van der Waals surface area contributed by atoms with Gasteiger partial charge in [-0.3, -0.25) is 0 Å². The molecular formula is C26H50O6Sn. The first-order valence-corrected chi connectivity index (χ1v) is 14.7. The first-order valence-electron chi connectivity index (χ1n) is 12.7. The van der Waals surface area contributed by atoms with Gasteiger partial charge in [-0.05, 0) is 37.0 Å². The minimum absolute atomic E-state index is 0.278. The molecule has 3 atom stereocenters. The van der Waals surface area contributed by atoms with Gasteiger partial charge in [0.05, 0.1) is 0 Å². The molecule has 0 aliphatic rings. The number of carboxylic acid groups (broad SMARTS) is 3. The Balaban J connectivity index is -0.000000170. The zero-order valence-corrected chi connectivity index (χ0v) is 25.2. The van der Waals surface area contributed by atoms with Crippen LogP contribution in [0, 0.1) is 17.8 Å². The second-order valence-corrected chi connectivity index (χ2v) is 9.97. The van der Waals surface area contributed by atoms with E-state index >= 15 is 0 Å². The monoisotopic (exact) mass is 578 g/mol. The molecule has 0 amide bonds. The Morgan fingerprint density at radius 2 is 0.818 bits per heavy atom. The number of carbonyl (C=O) groups is 3. The van der Waals surface area contributed by atoms with Crippen LogP contribution in [0.3, 0.4) is 0 Å². The fraction of sp³-hybridized carbons (Fsp3) is 0.885. The van der Waals surface area contributed by atoms with E-state index in [4.69, 9.17) is 0 Å². The first kappa shape index (κ1) is 39.4. The Hall–Kier alpha value is -0.791. The van der Waals surface area contributed by atoms with Gasteiger partial charge >= 0.3 is 72.4 Å². The van der Waals surface area contributed by atoms with Crippen LogP contribution >= 0.6 is 0 Å². The number of carbonyl (C=O) groups excluding carboxylic acids is 3. The molecule has 0 spiro atoms. The third-order valence-electron chi connectivity index (χ3n) is 4.90. The summed E-state index contributed by atoms with van der Waals surface area (Å²) in [5.74, 6) is -3.65. The SMILES string of the molecule is CCCC(C)C(=O)[O-].CCCC(C)C(=O)[O-].CCCC(C)C(=O)[O-].CCCCCCC[CH2][Sn+3]. The van der Waals surface area contributed by atoms with Gasteiger partial charge in [0.15, 0.2) is 0 Å². The summed E-state index contributed by atoms with van der Waals surface area (Å²) in [5.41, 5.74) is 0. The quantitative estimate of drug-likeness (QED) is 0.217. The Morgan fingerprint density at radius 3 is 1.00 bits per heavy atom. The van der Waals surface area contributed by atoms with Crippen molar-refractivity contribution in [1.29, 1.82) is 0 Å². The number of hydrogen-bond donors (Lipinski definition) is 0. The van der Waals surface area contributed by atoms with Gasteiger partial charge in [0.1, 0.15) is 0 Å². The van der Waals surface area contributed by atoms with Gasteiger partial charge in [-0.15, -0.1) is 0 Å². The Kier molecular flexibility index (Phi) is 37.3. The molecule has 0 aromatic rings. The minimum atomic E-state index is -0.938. The predicted molar refractivity (Wildman–Crippen MR) is 131 cm³/mol. The van der Waals surface area contributed by atoms with Crippen LogP contribution in [0.2, 0.25) is 4.44 Å². The molecule has 0 bridgehead atoms. The average Bonchev–Trinajstić information content (AvgIpc) is 2.75. The third-order valence-corrected chi connectivity index (χ3v) is 5.91. The van der Waals surface area contributed by atoms with Gasteiger partial charge in [0.2, 0.25) is 0 Å². The maximum absolute atomic E-state index is 9.98. The van der Waals surface area contributed by atoms with Crippen molar-refractivity contribution >= 4 is 40.4 Å². The second kappa shape index (κ2) is 31.2. The summed E-state index contributed by atoms with van der Waals surface area (Å²) in [4.78, 5) is 29.9. The van der Waals surface area contributed by atoms with Crippen molar-refractivity contribution < 1.29 is 29.7 Å². The Morgan fingerprint density at radius 1 is 0.545 bits per heavy atom. The van der Waals surface area contributed by atoms with Crippen LogP contribution in [0.5, 0.6) is 0 Å². The van der Waals surface area contributed by atoms with Crippen molar-refractivity contribution in [1.82, 2.24) is 0 Å². The van der Waals surface area contributed by atoms with Crippen molar-refractivity contribution in [3.8, 4) is 0 Å². The van der Waals surface area contributed by atoms with Gasteiger partial charge in [-0.1, -0.05) is 60.8 Å². The van der Waals surface area contributed by atoms with Crippen molar-refractivity contribution in [3.63, 3.8) is 0 Å². The standard InChI is InChI=1S/C8H17.3C6H12O2.Sn/c1-3-5-7-8-6-4-2;3*1-3-4-5(2)6(7)8;/h1,3-8H2,2H3;3*5H,3-4H2,1-2H3,(H,7,8);/q;;;;+3/p-3. The van der Waals surface area contributed by atoms with Crippen molar-refractivity contribution in [2.75, 3.05) is 0 Å². The van der Waals surface area contributed by atoms with E-state index in [1.54, 1.807) is 43.3 Å². The van der Waals surface area contributed by atoms with Crippen LogP contribution in [0.15, 0.2) is 0 Å². The molecule has 0 aromatic carbocycles. The zero-order valence-electron chi connectivity index (χ0n) is 22.4. The summed E-state index contributed by atoms with van der Waals surface area (Å²) in [6.07, 6.45) is 13.6. The Labute approximate surface area is 217 Å². The summed E-state index contributed by atoms with van der Waals surface area (Å²) < 4.78 is 1.46. The van der Waals surface area contributed by atoms with Gasteiger partial charge in [0, 0.05) is 17.9 Å². The molecule has 7 heteroatoms. The molecular weight excluding hydrogens is 527 g/mol. The second-order valence-electron chi connectivity index (χ2n) is 8.54. The normalized spacial score (nSPS) is 12.4. The summed E-state index contributed by atoms with van der Waals surface area (Å²) in [5, 5.41) is 29.9. The van der Waals surface area contributed by atoms with E-state index in [9.17, 15) is 29.7 Å². The van der Waals surface area contributed by atoms with E-state index in [1.807, 2.05) is 20.8 Å². The molecule has 0 N–H and O–H groups in total. The number of hydrogen-bond acceptors (Lipinski definition) is 6. The van der Waals surface area contributed by atoms with Crippen molar-refractivity contribution in [2.24, 2.45) is 17.8 Å². The van der Waals surface area contributed by atoms with Gasteiger partial charge in [0.25, 0.3) is 0 Å². The maximum atomic E-state index is 9.98. The van der Waals surface area contributed by atoms with Crippen LogP contribution in [-0.4, -0.2) is 40.4 Å². The zero-order chi connectivity index (χ0) is 26.7. The van der Waals surface area contributed by atoms with Crippen LogP contribution in [0.25, 0.3) is 0 Å². The molecule has 33 heavy (non-hydrogen) atoms. The number of carboxylic acids is 3. The molecule has 0 aromatic heterocycles. The fourth-order valence-electron chi connectivity index (χ4n) is 2.56. The molecule has 0 saturated heterocycles. The molecule has 0 radical (unpaired) electrons. The number of aliphatic carboxylic acids is 3. The van der Waals surface area contributed by atoms with Gasteiger partial charge < -0.3 is 29.7 Å². The van der Waals surface area contributed by atoms with E-state index in [0.717, 1.165) is 38.5 Å². The summed E-state index contributed by atoms with van der Waals surface area (Å²) in [6.45, 7) is 13.1. The summed E-state index contributed by atoms with van der Waals surface area (Å²) >= 11 is 1.71. The van der Waals surface area contributed by atoms with Gasteiger partial charge in [-0.2, -0.15) is 0 Å². The molecule has 0 fully saturated rings. The molecule has 0 saturated carbocycles. The van der Waals surface area contributed by atoms with Crippen LogP contribution in [0.4, 0.5) is 0 Å². The molecule has 0 rings (SSSR count). The Bertz CT molecular complexity index is 384. The van der Waals surface area contributed by atoms with Crippen LogP contribution in [-0.2, 0) is 14.4 Å². The van der Waals surface area contributed by atoms with Crippen molar-refractivity contribution in [2.45, 2.75) is 130 Å². The predicted octanol–water partition coefficient (Wildman–Crippen LogP) is 3.45.